The number of hydrogen-bond donors (Lipinski definition) is 1. The van der Waals surface area contributed by atoms with Crippen LogP contribution < -0.4 is 14.8 Å². The summed E-state index contributed by atoms with van der Waals surface area (Å²) in [6, 6.07) is 3.10. The van der Waals surface area contributed by atoms with E-state index in [4.69, 9.17) is 9.47 Å². The van der Waals surface area contributed by atoms with E-state index < -0.39 is 76.0 Å². The minimum absolute atomic E-state index is 0.148. The van der Waals surface area contributed by atoms with Crippen LogP contribution in [0.3, 0.4) is 0 Å². The molecule has 5 nitrogen and oxygen atoms in total. The Morgan fingerprint density at radius 3 is 1.68 bits per heavy atom. The number of amides is 1. The first kappa shape index (κ1) is 27.5. The van der Waals surface area contributed by atoms with Gasteiger partial charge in [0.25, 0.3) is 0 Å². The standard InChI is InChI=1S/C21H9F11N2O3/c22-13-3-1-9(7-11(13)19(24,25)26)36-15-5-6-33-17(16(15)34-18(35)21(30,31)32)37-10-2-4-14(23)12(8-10)20(27,28)29/h1-8H,(H,34,35). The van der Waals surface area contributed by atoms with Crippen molar-refractivity contribution in [1.29, 1.82) is 0 Å². The Labute approximate surface area is 198 Å². The maximum absolute atomic E-state index is 13.5. The summed E-state index contributed by atoms with van der Waals surface area (Å²) in [6.07, 6.45) is -15.1. The maximum atomic E-state index is 13.5. The van der Waals surface area contributed by atoms with Crippen LogP contribution in [0.5, 0.6) is 23.1 Å². The molecule has 0 radical (unpaired) electrons. The van der Waals surface area contributed by atoms with Gasteiger partial charge in [-0.25, -0.2) is 13.8 Å². The van der Waals surface area contributed by atoms with Crippen LogP contribution in [0.2, 0.25) is 0 Å². The summed E-state index contributed by atoms with van der Waals surface area (Å²) in [5.41, 5.74) is -4.66. The summed E-state index contributed by atoms with van der Waals surface area (Å²) in [5.74, 6) is -9.40. The number of nitrogens with zero attached hydrogens (tertiary/aromatic N) is 1. The quantitative estimate of drug-likeness (QED) is 0.337. The van der Waals surface area contributed by atoms with Crippen LogP contribution in [-0.4, -0.2) is 17.1 Å². The molecule has 0 saturated heterocycles. The van der Waals surface area contributed by atoms with Crippen LogP contribution in [0.25, 0.3) is 0 Å². The van der Waals surface area contributed by atoms with Crippen molar-refractivity contribution >= 4 is 11.6 Å². The molecule has 1 N–H and O–H groups in total. The fraction of sp³-hybridized carbons (Fsp3) is 0.143. The minimum atomic E-state index is -5.51. The van der Waals surface area contributed by atoms with Gasteiger partial charge in [-0.05, 0) is 36.4 Å². The van der Waals surface area contributed by atoms with E-state index in [1.54, 1.807) is 0 Å². The van der Waals surface area contributed by atoms with E-state index in [2.05, 4.69) is 4.98 Å². The highest BCUT2D eigenvalue weighted by Gasteiger charge is 2.40. The number of benzene rings is 2. The number of carbonyl (C=O) groups is 1. The van der Waals surface area contributed by atoms with Crippen molar-refractivity contribution in [3.63, 3.8) is 0 Å². The van der Waals surface area contributed by atoms with Crippen molar-refractivity contribution in [1.82, 2.24) is 4.98 Å². The number of hydrogen-bond acceptors (Lipinski definition) is 4. The highest BCUT2D eigenvalue weighted by molar-refractivity contribution is 5.97. The lowest BCUT2D eigenvalue weighted by Crippen LogP contribution is -2.30. The third kappa shape index (κ3) is 6.56. The molecule has 0 spiro atoms. The predicted molar refractivity (Wildman–Crippen MR) is 102 cm³/mol. The van der Waals surface area contributed by atoms with E-state index in [1.165, 1.54) is 5.32 Å². The highest BCUT2D eigenvalue weighted by Crippen LogP contribution is 2.41. The van der Waals surface area contributed by atoms with Crippen LogP contribution in [0.4, 0.5) is 54.0 Å². The van der Waals surface area contributed by atoms with Gasteiger partial charge in [-0.3, -0.25) is 4.79 Å². The molecular weight excluding hydrogens is 537 g/mol. The number of alkyl halides is 9. The summed E-state index contributed by atoms with van der Waals surface area (Å²) in [6.45, 7) is 0. The van der Waals surface area contributed by atoms with Crippen LogP contribution in [0, 0.1) is 11.6 Å². The largest absolute Gasteiger partial charge is 0.471 e. The minimum Gasteiger partial charge on any atom is -0.455 e. The Balaban J connectivity index is 2.08. The fourth-order valence-electron chi connectivity index (χ4n) is 2.70. The fourth-order valence-corrected chi connectivity index (χ4v) is 2.70. The van der Waals surface area contributed by atoms with Gasteiger partial charge < -0.3 is 14.8 Å². The van der Waals surface area contributed by atoms with Gasteiger partial charge in [0.1, 0.15) is 28.8 Å². The smallest absolute Gasteiger partial charge is 0.455 e. The summed E-state index contributed by atoms with van der Waals surface area (Å²) < 4.78 is 154. The molecular formula is C21H9F11N2O3. The highest BCUT2D eigenvalue weighted by atomic mass is 19.4. The number of ether oxygens (including phenoxy) is 2. The third-order valence-electron chi connectivity index (χ3n) is 4.30. The number of halogens is 11. The van der Waals surface area contributed by atoms with Crippen molar-refractivity contribution in [2.24, 2.45) is 0 Å². The van der Waals surface area contributed by atoms with Crippen molar-refractivity contribution in [2.75, 3.05) is 5.32 Å². The number of nitrogens with one attached hydrogen (secondary N) is 1. The van der Waals surface area contributed by atoms with Crippen molar-refractivity contribution in [3.8, 4) is 23.1 Å². The summed E-state index contributed by atoms with van der Waals surface area (Å²) in [5, 5.41) is 1.30. The van der Waals surface area contributed by atoms with Crippen LogP contribution in [0.15, 0.2) is 48.7 Å². The molecule has 0 unspecified atom stereocenters. The second kappa shape index (κ2) is 9.74. The first-order chi connectivity index (χ1) is 17.0. The van der Waals surface area contributed by atoms with Crippen molar-refractivity contribution in [2.45, 2.75) is 18.5 Å². The molecule has 1 heterocycles. The number of carbonyl (C=O) groups excluding carboxylic acids is 1. The van der Waals surface area contributed by atoms with Crippen LogP contribution >= 0.6 is 0 Å². The topological polar surface area (TPSA) is 60.5 Å². The molecule has 0 aliphatic carbocycles. The van der Waals surface area contributed by atoms with Gasteiger partial charge in [0.2, 0.25) is 5.88 Å². The first-order valence-corrected chi connectivity index (χ1v) is 9.43. The molecule has 16 heteroatoms. The van der Waals surface area contributed by atoms with E-state index in [0.717, 1.165) is 12.3 Å². The molecule has 3 rings (SSSR count). The molecule has 1 amide bonds. The van der Waals surface area contributed by atoms with Gasteiger partial charge in [-0.15, -0.1) is 0 Å². The third-order valence-corrected chi connectivity index (χ3v) is 4.30. The van der Waals surface area contributed by atoms with Crippen molar-refractivity contribution < 1.29 is 62.6 Å². The molecule has 0 fully saturated rings. The molecule has 0 atom stereocenters. The summed E-state index contributed by atoms with van der Waals surface area (Å²) >= 11 is 0. The lowest BCUT2D eigenvalue weighted by atomic mass is 10.2. The zero-order valence-electron chi connectivity index (χ0n) is 17.4. The normalized spacial score (nSPS) is 12.3. The molecule has 0 aliphatic heterocycles. The second-order valence-corrected chi connectivity index (χ2v) is 6.92. The average molecular weight is 546 g/mol. The lowest BCUT2D eigenvalue weighted by Gasteiger charge is -2.17. The lowest BCUT2D eigenvalue weighted by molar-refractivity contribution is -0.167. The van der Waals surface area contributed by atoms with Gasteiger partial charge in [-0.1, -0.05) is 0 Å². The van der Waals surface area contributed by atoms with Gasteiger partial charge >= 0.3 is 24.4 Å². The Kier molecular flexibility index (Phi) is 7.23. The molecule has 2 aromatic carbocycles. The molecule has 3 aromatic rings. The Hall–Kier alpha value is -4.11. The van der Waals surface area contributed by atoms with E-state index in [9.17, 15) is 53.1 Å². The number of rotatable bonds is 5. The molecule has 198 valence electrons. The molecule has 0 aliphatic rings. The summed E-state index contributed by atoms with van der Waals surface area (Å²) in [7, 11) is 0. The molecule has 1 aromatic heterocycles. The second-order valence-electron chi connectivity index (χ2n) is 6.92. The van der Waals surface area contributed by atoms with Gasteiger partial charge in [-0.2, -0.15) is 39.5 Å². The maximum Gasteiger partial charge on any atom is 0.471 e. The van der Waals surface area contributed by atoms with Gasteiger partial charge in [0, 0.05) is 12.3 Å². The number of anilines is 1. The number of aromatic nitrogens is 1. The molecule has 0 bridgehead atoms. The average Bonchev–Trinajstić information content (AvgIpc) is 2.76. The Bertz CT molecular complexity index is 1230. The van der Waals surface area contributed by atoms with E-state index in [0.29, 0.717) is 24.3 Å². The summed E-state index contributed by atoms with van der Waals surface area (Å²) in [4.78, 5) is 15.0. The molecule has 37 heavy (non-hydrogen) atoms. The zero-order chi connectivity index (χ0) is 27.8. The van der Waals surface area contributed by atoms with Crippen LogP contribution in [-0.2, 0) is 17.1 Å². The Morgan fingerprint density at radius 1 is 0.730 bits per heavy atom. The molecule has 0 saturated carbocycles. The Morgan fingerprint density at radius 2 is 1.22 bits per heavy atom. The van der Waals surface area contributed by atoms with Gasteiger partial charge in [0.15, 0.2) is 5.75 Å². The van der Waals surface area contributed by atoms with Crippen molar-refractivity contribution in [3.05, 3.63) is 71.4 Å². The monoisotopic (exact) mass is 546 g/mol. The van der Waals surface area contributed by atoms with Gasteiger partial charge in [0.05, 0.1) is 11.1 Å². The zero-order valence-corrected chi connectivity index (χ0v) is 17.4. The van der Waals surface area contributed by atoms with E-state index >= 15 is 0 Å². The van der Waals surface area contributed by atoms with Crippen LogP contribution in [0.1, 0.15) is 11.1 Å². The number of pyridine rings is 1. The SMILES string of the molecule is O=C(Nc1c(Oc2ccc(F)c(C(F)(F)F)c2)ccnc1Oc1ccc(F)c(C(F)(F)F)c1)C(F)(F)F. The first-order valence-electron chi connectivity index (χ1n) is 9.43. The predicted octanol–water partition coefficient (Wildman–Crippen LogP) is 7.48. The van der Waals surface area contributed by atoms with E-state index in [-0.39, 0.29) is 12.1 Å². The van der Waals surface area contributed by atoms with E-state index in [1.807, 2.05) is 0 Å².